The Morgan fingerprint density at radius 1 is 1.22 bits per heavy atom. The van der Waals surface area contributed by atoms with Crippen molar-refractivity contribution in [3.05, 3.63) is 70.8 Å². The van der Waals surface area contributed by atoms with Crippen LogP contribution < -0.4 is 10.9 Å². The van der Waals surface area contributed by atoms with Gasteiger partial charge in [0.2, 0.25) is 5.91 Å². The third-order valence-electron chi connectivity index (χ3n) is 3.36. The maximum atomic E-state index is 12.3. The van der Waals surface area contributed by atoms with Crippen molar-refractivity contribution >= 4 is 22.5 Å². The largest absolute Gasteiger partial charge is 0.324 e. The maximum Gasteiger partial charge on any atom is 0.261 e. The van der Waals surface area contributed by atoms with Gasteiger partial charge in [0.25, 0.3) is 5.56 Å². The van der Waals surface area contributed by atoms with Crippen molar-refractivity contribution in [2.75, 3.05) is 5.32 Å². The number of amides is 1. The van der Waals surface area contributed by atoms with Crippen molar-refractivity contribution in [2.45, 2.75) is 6.54 Å². The van der Waals surface area contributed by atoms with Crippen LogP contribution in [0.15, 0.2) is 59.7 Å². The van der Waals surface area contributed by atoms with E-state index >= 15 is 0 Å². The number of benzene rings is 2. The number of aromatic nitrogens is 2. The molecule has 0 aliphatic carbocycles. The van der Waals surface area contributed by atoms with E-state index in [0.717, 1.165) is 0 Å². The average molecular weight is 303 g/mol. The highest BCUT2D eigenvalue weighted by Crippen LogP contribution is 2.10. The second-order valence-electron chi connectivity index (χ2n) is 4.97. The first-order chi connectivity index (χ1) is 11.2. The molecule has 2 aromatic carbocycles. The van der Waals surface area contributed by atoms with Gasteiger partial charge in [-0.25, -0.2) is 4.98 Å². The summed E-state index contributed by atoms with van der Waals surface area (Å²) >= 11 is 0. The van der Waals surface area contributed by atoms with Gasteiger partial charge in [-0.2, -0.15) is 0 Å². The van der Waals surface area contributed by atoms with E-state index in [0.29, 0.717) is 22.2 Å². The van der Waals surface area contributed by atoms with Gasteiger partial charge >= 0.3 is 0 Å². The third-order valence-corrected chi connectivity index (χ3v) is 3.36. The number of anilines is 1. The first-order valence-electron chi connectivity index (χ1n) is 6.98. The Morgan fingerprint density at radius 3 is 2.87 bits per heavy atom. The Morgan fingerprint density at radius 2 is 2.04 bits per heavy atom. The Labute approximate surface area is 132 Å². The molecule has 3 aromatic rings. The van der Waals surface area contributed by atoms with Gasteiger partial charge < -0.3 is 5.32 Å². The van der Waals surface area contributed by atoms with E-state index < -0.39 is 0 Å². The van der Waals surface area contributed by atoms with Crippen LogP contribution in [-0.2, 0) is 11.3 Å². The monoisotopic (exact) mass is 303 g/mol. The number of para-hydroxylation sites is 1. The molecule has 3 rings (SSSR count). The molecule has 1 N–H and O–H groups in total. The van der Waals surface area contributed by atoms with E-state index in [2.05, 4.69) is 16.2 Å². The fourth-order valence-electron chi connectivity index (χ4n) is 2.26. The van der Waals surface area contributed by atoms with Gasteiger partial charge in [0.15, 0.2) is 0 Å². The van der Waals surface area contributed by atoms with Gasteiger partial charge in [-0.15, -0.1) is 6.42 Å². The highest BCUT2D eigenvalue weighted by molar-refractivity contribution is 5.91. The minimum absolute atomic E-state index is 0.114. The summed E-state index contributed by atoms with van der Waals surface area (Å²) in [7, 11) is 0. The summed E-state index contributed by atoms with van der Waals surface area (Å²) in [5.41, 5.74) is 1.62. The highest BCUT2D eigenvalue weighted by Gasteiger charge is 2.08. The van der Waals surface area contributed by atoms with Crippen LogP contribution in [0.3, 0.4) is 0 Å². The average Bonchev–Trinajstić information content (AvgIpc) is 2.58. The number of hydrogen-bond acceptors (Lipinski definition) is 3. The number of nitrogens with zero attached hydrogens (tertiary/aromatic N) is 2. The van der Waals surface area contributed by atoms with Gasteiger partial charge in [-0.05, 0) is 30.3 Å². The van der Waals surface area contributed by atoms with E-state index in [1.165, 1.54) is 10.9 Å². The molecule has 0 saturated carbocycles. The molecule has 0 spiro atoms. The molecule has 5 heteroatoms. The standard InChI is InChI=1S/C18H13N3O2/c1-2-13-6-5-7-14(10-13)20-17(22)11-21-12-19-16-9-4-3-8-15(16)18(21)23/h1,3-10,12H,11H2,(H,20,22). The Kier molecular flexibility index (Phi) is 3.89. The molecule has 23 heavy (non-hydrogen) atoms. The quantitative estimate of drug-likeness (QED) is 0.753. The summed E-state index contributed by atoms with van der Waals surface area (Å²) in [5.74, 6) is 2.18. The molecule has 5 nitrogen and oxygen atoms in total. The van der Waals surface area contributed by atoms with Crippen molar-refractivity contribution in [1.82, 2.24) is 9.55 Å². The van der Waals surface area contributed by atoms with Crippen LogP contribution >= 0.6 is 0 Å². The molecular formula is C18H13N3O2. The van der Waals surface area contributed by atoms with Crippen LogP contribution in [0, 0.1) is 12.3 Å². The topological polar surface area (TPSA) is 64.0 Å². The van der Waals surface area contributed by atoms with E-state index in [1.807, 2.05) is 6.07 Å². The summed E-state index contributed by atoms with van der Waals surface area (Å²) in [5, 5.41) is 3.20. The zero-order valence-corrected chi connectivity index (χ0v) is 12.2. The van der Waals surface area contributed by atoms with Crippen molar-refractivity contribution in [1.29, 1.82) is 0 Å². The summed E-state index contributed by atoms with van der Waals surface area (Å²) in [6.07, 6.45) is 6.71. The number of nitrogens with one attached hydrogen (secondary N) is 1. The number of carbonyl (C=O) groups is 1. The van der Waals surface area contributed by atoms with Crippen LogP contribution in [0.25, 0.3) is 10.9 Å². The predicted octanol–water partition coefficient (Wildman–Crippen LogP) is 2.02. The minimum Gasteiger partial charge on any atom is -0.324 e. The first-order valence-corrected chi connectivity index (χ1v) is 6.98. The fraction of sp³-hybridized carbons (Fsp3) is 0.0556. The van der Waals surface area contributed by atoms with Crippen molar-refractivity contribution in [3.63, 3.8) is 0 Å². The summed E-state index contributed by atoms with van der Waals surface area (Å²) in [6.45, 7) is -0.114. The van der Waals surface area contributed by atoms with Crippen LogP contribution in [0.5, 0.6) is 0 Å². The zero-order valence-electron chi connectivity index (χ0n) is 12.2. The Bertz CT molecular complexity index is 983. The lowest BCUT2D eigenvalue weighted by atomic mass is 10.2. The van der Waals surface area contributed by atoms with E-state index in [-0.39, 0.29) is 18.0 Å². The molecule has 1 aromatic heterocycles. The molecule has 1 heterocycles. The van der Waals surface area contributed by atoms with E-state index in [9.17, 15) is 9.59 Å². The minimum atomic E-state index is -0.321. The van der Waals surface area contributed by atoms with Crippen molar-refractivity contribution in [2.24, 2.45) is 0 Å². The van der Waals surface area contributed by atoms with E-state index in [1.54, 1.807) is 42.5 Å². The molecule has 112 valence electrons. The lowest BCUT2D eigenvalue weighted by Crippen LogP contribution is -2.27. The number of fused-ring (bicyclic) bond motifs is 1. The molecule has 0 unspecified atom stereocenters. The second-order valence-corrected chi connectivity index (χ2v) is 4.97. The molecule has 0 saturated heterocycles. The Balaban J connectivity index is 1.82. The van der Waals surface area contributed by atoms with Crippen LogP contribution in [-0.4, -0.2) is 15.5 Å². The van der Waals surface area contributed by atoms with Crippen LogP contribution in [0.2, 0.25) is 0 Å². The summed E-state index contributed by atoms with van der Waals surface area (Å²) < 4.78 is 1.28. The molecule has 0 fully saturated rings. The number of rotatable bonds is 3. The predicted molar refractivity (Wildman–Crippen MR) is 89.0 cm³/mol. The van der Waals surface area contributed by atoms with Crippen molar-refractivity contribution in [3.8, 4) is 12.3 Å². The summed E-state index contributed by atoms with van der Waals surface area (Å²) in [4.78, 5) is 28.6. The van der Waals surface area contributed by atoms with Crippen LogP contribution in [0.4, 0.5) is 5.69 Å². The Hall–Kier alpha value is -3.39. The van der Waals surface area contributed by atoms with Crippen LogP contribution in [0.1, 0.15) is 5.56 Å². The number of hydrogen-bond donors (Lipinski definition) is 1. The van der Waals surface area contributed by atoms with Crippen molar-refractivity contribution < 1.29 is 4.79 Å². The SMILES string of the molecule is C#Cc1cccc(NC(=O)Cn2cnc3ccccc3c2=O)c1. The fourth-order valence-corrected chi connectivity index (χ4v) is 2.26. The normalized spacial score (nSPS) is 10.2. The number of terminal acetylenes is 1. The van der Waals surface area contributed by atoms with Gasteiger partial charge in [0.1, 0.15) is 6.54 Å². The van der Waals surface area contributed by atoms with Gasteiger partial charge in [0, 0.05) is 11.3 Å². The number of carbonyl (C=O) groups excluding carboxylic acids is 1. The molecule has 0 aliphatic heterocycles. The maximum absolute atomic E-state index is 12.3. The summed E-state index contributed by atoms with van der Waals surface area (Å²) in [6, 6.07) is 14.0. The van der Waals surface area contributed by atoms with Gasteiger partial charge in [0.05, 0.1) is 17.2 Å². The smallest absolute Gasteiger partial charge is 0.261 e. The lowest BCUT2D eigenvalue weighted by Gasteiger charge is -2.08. The molecular weight excluding hydrogens is 290 g/mol. The molecule has 0 atom stereocenters. The second kappa shape index (κ2) is 6.16. The van der Waals surface area contributed by atoms with E-state index in [4.69, 9.17) is 6.42 Å². The molecule has 0 bridgehead atoms. The van der Waals surface area contributed by atoms with Gasteiger partial charge in [-0.3, -0.25) is 14.2 Å². The van der Waals surface area contributed by atoms with Gasteiger partial charge in [-0.1, -0.05) is 24.1 Å². The molecule has 0 radical (unpaired) electrons. The molecule has 1 amide bonds. The first kappa shape index (κ1) is 14.5. The highest BCUT2D eigenvalue weighted by atomic mass is 16.2. The zero-order chi connectivity index (χ0) is 16.2. The third kappa shape index (κ3) is 3.11. The molecule has 0 aliphatic rings. The lowest BCUT2D eigenvalue weighted by molar-refractivity contribution is -0.116.